The SMILES string of the molecule is CCCC(=O)n1c2cncc(c2)c2cnc3[nH]nc(c4nc5c(ccnc5c5ccc1s5)[nH]4)c3c2. The number of carbonyl (C=O) groups is 1. The molecule has 9 nitrogen and oxygen atoms in total. The predicted molar refractivity (Wildman–Crippen MR) is 138 cm³/mol. The number of nitrogens with one attached hydrogen (secondary N) is 2. The number of pyridine rings is 3. The Balaban J connectivity index is 1.76. The molecule has 7 heterocycles. The molecular weight excluding hydrogens is 460 g/mol. The molecule has 0 saturated heterocycles. The van der Waals surface area contributed by atoms with Crippen LogP contribution >= 0.6 is 11.3 Å². The monoisotopic (exact) mass is 478 g/mol. The van der Waals surface area contributed by atoms with Gasteiger partial charge in [0.25, 0.3) is 0 Å². The van der Waals surface area contributed by atoms with Gasteiger partial charge in [0, 0.05) is 35.8 Å². The van der Waals surface area contributed by atoms with Gasteiger partial charge in [-0.1, -0.05) is 6.92 Å². The zero-order valence-corrected chi connectivity index (χ0v) is 19.4. The van der Waals surface area contributed by atoms with Crippen LogP contribution in [0.5, 0.6) is 0 Å². The molecule has 0 saturated carbocycles. The highest BCUT2D eigenvalue weighted by molar-refractivity contribution is 7.24. The van der Waals surface area contributed by atoms with Gasteiger partial charge in [0.15, 0.2) is 11.3 Å². The van der Waals surface area contributed by atoms with Gasteiger partial charge in [-0.3, -0.25) is 24.4 Å². The van der Waals surface area contributed by atoms with Gasteiger partial charge in [-0.05, 0) is 36.8 Å². The second-order valence-electron chi connectivity index (χ2n) is 8.38. The first-order chi connectivity index (χ1) is 17.2. The minimum Gasteiger partial charge on any atom is -0.336 e. The Bertz CT molecular complexity index is 2010. The molecule has 0 aromatic carbocycles. The van der Waals surface area contributed by atoms with E-state index in [0.717, 1.165) is 48.7 Å². The van der Waals surface area contributed by atoms with Gasteiger partial charge < -0.3 is 4.98 Å². The maximum Gasteiger partial charge on any atom is 0.232 e. The van der Waals surface area contributed by atoms with Crippen molar-refractivity contribution in [2.24, 2.45) is 0 Å². The largest absolute Gasteiger partial charge is 0.336 e. The molecule has 10 heteroatoms. The molecule has 0 aliphatic carbocycles. The van der Waals surface area contributed by atoms with Crippen LogP contribution in [0.1, 0.15) is 24.6 Å². The lowest BCUT2D eigenvalue weighted by Gasteiger charge is -2.07. The second kappa shape index (κ2) is 7.54. The van der Waals surface area contributed by atoms with Crippen molar-refractivity contribution in [2.45, 2.75) is 19.8 Å². The fourth-order valence-corrected chi connectivity index (χ4v) is 5.51. The van der Waals surface area contributed by atoms with Gasteiger partial charge >= 0.3 is 0 Å². The van der Waals surface area contributed by atoms with Crippen molar-refractivity contribution < 1.29 is 4.79 Å². The summed E-state index contributed by atoms with van der Waals surface area (Å²) in [5, 5.41) is 10.1. The number of H-pyrrole nitrogens is 2. The number of aromatic amines is 2. The highest BCUT2D eigenvalue weighted by Gasteiger charge is 2.13. The minimum atomic E-state index is 0.0167. The molecule has 0 radical (unpaired) electrons. The van der Waals surface area contributed by atoms with E-state index in [1.54, 1.807) is 29.4 Å². The fraction of sp³-hybridized carbons (Fsp3) is 0.120. The smallest absolute Gasteiger partial charge is 0.232 e. The van der Waals surface area contributed by atoms with E-state index < -0.39 is 0 Å². The summed E-state index contributed by atoms with van der Waals surface area (Å²) < 4.78 is 2.67. The Morgan fingerprint density at radius 2 is 1.91 bits per heavy atom. The van der Waals surface area contributed by atoms with Gasteiger partial charge in [0.2, 0.25) is 5.91 Å². The first-order valence-electron chi connectivity index (χ1n) is 11.3. The predicted octanol–water partition coefficient (Wildman–Crippen LogP) is 5.66. The molecule has 7 rings (SSSR count). The molecule has 0 unspecified atom stereocenters. The zero-order chi connectivity index (χ0) is 23.5. The van der Waals surface area contributed by atoms with E-state index in [2.05, 4.69) is 30.1 Å². The molecule has 0 aliphatic heterocycles. The van der Waals surface area contributed by atoms with E-state index in [-0.39, 0.29) is 5.91 Å². The van der Waals surface area contributed by atoms with Gasteiger partial charge in [-0.15, -0.1) is 11.3 Å². The molecule has 0 fully saturated rings. The van der Waals surface area contributed by atoms with Crippen LogP contribution in [0, 0.1) is 0 Å². The lowest BCUT2D eigenvalue weighted by molar-refractivity contribution is 0.0912. The van der Waals surface area contributed by atoms with Crippen molar-refractivity contribution in [3.8, 4) is 0 Å². The van der Waals surface area contributed by atoms with Crippen molar-refractivity contribution in [1.29, 1.82) is 0 Å². The van der Waals surface area contributed by atoms with Crippen molar-refractivity contribution in [2.75, 3.05) is 0 Å². The molecule has 2 N–H and O–H groups in total. The lowest BCUT2D eigenvalue weighted by Crippen LogP contribution is -2.10. The van der Waals surface area contributed by atoms with Gasteiger partial charge in [-0.25, -0.2) is 9.97 Å². The van der Waals surface area contributed by atoms with E-state index in [9.17, 15) is 4.79 Å². The third-order valence-electron chi connectivity index (χ3n) is 6.12. The maximum atomic E-state index is 13.3. The van der Waals surface area contributed by atoms with E-state index >= 15 is 0 Å². The summed E-state index contributed by atoms with van der Waals surface area (Å²) >= 11 is 1.51. The first kappa shape index (κ1) is 20.0. The molecule has 35 heavy (non-hydrogen) atoms. The molecule has 7 aromatic rings. The van der Waals surface area contributed by atoms with Gasteiger partial charge in [0.05, 0.1) is 27.3 Å². The van der Waals surface area contributed by atoms with Crippen LogP contribution in [0.2, 0.25) is 0 Å². The van der Waals surface area contributed by atoms with Crippen LogP contribution in [0.4, 0.5) is 0 Å². The number of hydrogen-bond acceptors (Lipinski definition) is 7. The van der Waals surface area contributed by atoms with Crippen LogP contribution in [0.3, 0.4) is 0 Å². The standard InChI is InChI=1S/C25H18N8OS/c1-2-3-19(34)33-15-8-13(10-26-12-15)14-9-16-21(31-32-24(16)28-11-14)25-29-17-6-7-27-23(22(17)30-25)18-4-5-20(33)35-18/h4-12H,2-3H2,1H3,(H,29,30)(H,28,31,32). The van der Waals surface area contributed by atoms with Crippen LogP contribution in [0.25, 0.3) is 64.6 Å². The maximum absolute atomic E-state index is 13.3. The third-order valence-corrected chi connectivity index (χ3v) is 7.19. The average molecular weight is 479 g/mol. The Morgan fingerprint density at radius 3 is 2.83 bits per heavy atom. The Kier molecular flexibility index (Phi) is 4.30. The van der Waals surface area contributed by atoms with Crippen LogP contribution < -0.4 is 0 Å². The second-order valence-corrected chi connectivity index (χ2v) is 9.44. The van der Waals surface area contributed by atoms with E-state index in [0.29, 0.717) is 28.7 Å². The Morgan fingerprint density at radius 1 is 1.00 bits per heavy atom. The van der Waals surface area contributed by atoms with E-state index in [1.807, 2.05) is 37.3 Å². The summed E-state index contributed by atoms with van der Waals surface area (Å²) in [7, 11) is 0. The lowest BCUT2D eigenvalue weighted by atomic mass is 10.2. The van der Waals surface area contributed by atoms with Crippen LogP contribution in [0.15, 0.2) is 55.1 Å². The molecule has 0 spiro atoms. The summed E-state index contributed by atoms with van der Waals surface area (Å²) in [5.41, 5.74) is 5.06. The minimum absolute atomic E-state index is 0.0167. The van der Waals surface area contributed by atoms with Crippen molar-refractivity contribution in [3.05, 3.63) is 55.1 Å². The highest BCUT2D eigenvalue weighted by atomic mass is 32.1. The zero-order valence-electron chi connectivity index (χ0n) is 18.6. The van der Waals surface area contributed by atoms with Crippen molar-refractivity contribution >= 4 is 81.8 Å². The number of imidazole rings is 1. The first-order valence-corrected chi connectivity index (χ1v) is 12.1. The van der Waals surface area contributed by atoms with Crippen molar-refractivity contribution in [1.82, 2.24) is 39.7 Å². The summed E-state index contributed by atoms with van der Waals surface area (Å²) in [6.45, 7) is 2.00. The molecular formula is C25H18N8OS. The summed E-state index contributed by atoms with van der Waals surface area (Å²) in [5.74, 6) is 0.0167. The molecule has 7 aromatic heterocycles. The Labute approximate surface area is 201 Å². The normalized spacial score (nSPS) is 11.9. The number of thiophene rings is 1. The Hall–Kier alpha value is -4.44. The molecule has 0 atom stereocenters. The molecule has 0 amide bonds. The van der Waals surface area contributed by atoms with Crippen LogP contribution in [-0.4, -0.2) is 45.6 Å². The number of fused-ring (bicyclic) bond motifs is 9. The van der Waals surface area contributed by atoms with Crippen molar-refractivity contribution in [3.63, 3.8) is 0 Å². The third kappa shape index (κ3) is 3.07. The number of aromatic nitrogens is 8. The number of rotatable bonds is 2. The summed E-state index contributed by atoms with van der Waals surface area (Å²) in [6.07, 6.45) is 8.23. The van der Waals surface area contributed by atoms with E-state index in [4.69, 9.17) is 4.98 Å². The quantitative estimate of drug-likeness (QED) is 0.331. The van der Waals surface area contributed by atoms with Gasteiger partial charge in [-0.2, -0.15) is 5.10 Å². The van der Waals surface area contributed by atoms with Crippen LogP contribution in [-0.2, 0) is 0 Å². The topological polar surface area (TPSA) is 118 Å². The molecule has 8 bridgehead atoms. The summed E-state index contributed by atoms with van der Waals surface area (Å²) in [6, 6.07) is 9.85. The number of hydrogen-bond donors (Lipinski definition) is 2. The number of nitrogens with zero attached hydrogens (tertiary/aromatic N) is 6. The number of carbonyl (C=O) groups excluding carboxylic acids is 1. The fourth-order valence-electron chi connectivity index (χ4n) is 4.47. The van der Waals surface area contributed by atoms with E-state index in [1.165, 1.54) is 11.3 Å². The summed E-state index contributed by atoms with van der Waals surface area (Å²) in [4.78, 5) is 36.1. The van der Waals surface area contributed by atoms with Gasteiger partial charge in [0.1, 0.15) is 21.4 Å². The molecule has 0 aliphatic rings. The highest BCUT2D eigenvalue weighted by Crippen LogP contribution is 2.29. The average Bonchev–Trinajstić information content (AvgIpc) is 3.61. The molecule has 170 valence electrons.